The van der Waals surface area contributed by atoms with Crippen molar-refractivity contribution < 1.29 is 10.0 Å². The summed E-state index contributed by atoms with van der Waals surface area (Å²) in [5.74, 6) is -0.686. The molecule has 0 unspecified atom stereocenters. The Balaban J connectivity index is 2.29. The maximum absolute atomic E-state index is 12.3. The Kier molecular flexibility index (Phi) is 5.19. The number of benzene rings is 1. The first-order chi connectivity index (χ1) is 11.0. The van der Waals surface area contributed by atoms with Crippen molar-refractivity contribution in [2.24, 2.45) is 0 Å². The van der Waals surface area contributed by atoms with E-state index >= 15 is 0 Å². The van der Waals surface area contributed by atoms with E-state index in [1.165, 1.54) is 0 Å². The number of hydrogen-bond donors (Lipinski definition) is 4. The number of aromatic amines is 1. The third kappa shape index (κ3) is 3.79. The van der Waals surface area contributed by atoms with Crippen molar-refractivity contribution >= 4 is 11.7 Å². The molecule has 2 rings (SSSR count). The van der Waals surface area contributed by atoms with Crippen LogP contribution in [0, 0.1) is 0 Å². The minimum Gasteiger partial charge on any atom is -0.421 e. The minimum absolute atomic E-state index is 0.00212. The molecule has 0 aliphatic rings. The van der Waals surface area contributed by atoms with E-state index in [9.17, 15) is 19.6 Å². The molecule has 2 aromatic rings. The number of nitrogens with zero attached hydrogens (tertiary/aromatic N) is 1. The van der Waals surface area contributed by atoms with Crippen molar-refractivity contribution in [3.63, 3.8) is 0 Å². The number of anilines is 1. The molecular formula is C15H18N4O4. The van der Waals surface area contributed by atoms with Gasteiger partial charge in [0.05, 0.1) is 0 Å². The van der Waals surface area contributed by atoms with E-state index in [0.29, 0.717) is 6.54 Å². The highest BCUT2D eigenvalue weighted by Crippen LogP contribution is 2.06. The molecule has 0 atom stereocenters. The van der Waals surface area contributed by atoms with E-state index in [1.54, 1.807) is 0 Å². The van der Waals surface area contributed by atoms with Crippen LogP contribution in [0.4, 0.5) is 5.82 Å². The van der Waals surface area contributed by atoms with Crippen molar-refractivity contribution in [2.75, 3.05) is 11.9 Å². The van der Waals surface area contributed by atoms with Crippen LogP contribution in [0.5, 0.6) is 0 Å². The number of carbonyl (C=O) groups is 1. The monoisotopic (exact) mass is 318 g/mol. The Morgan fingerprint density at radius 1 is 1.26 bits per heavy atom. The first-order valence-electron chi connectivity index (χ1n) is 7.19. The molecule has 4 N–H and O–H groups in total. The lowest BCUT2D eigenvalue weighted by Crippen LogP contribution is -2.41. The maximum Gasteiger partial charge on any atom is 0.363 e. The smallest absolute Gasteiger partial charge is 0.363 e. The second kappa shape index (κ2) is 7.30. The van der Waals surface area contributed by atoms with Crippen LogP contribution in [0.1, 0.15) is 29.3 Å². The summed E-state index contributed by atoms with van der Waals surface area (Å²) in [5, 5.41) is 14.8. The van der Waals surface area contributed by atoms with Crippen LogP contribution < -0.4 is 21.9 Å². The molecule has 8 nitrogen and oxygen atoms in total. The van der Waals surface area contributed by atoms with E-state index in [2.05, 4.69) is 15.6 Å². The van der Waals surface area contributed by atoms with Crippen LogP contribution in [-0.2, 0) is 6.54 Å². The maximum atomic E-state index is 12.3. The fourth-order valence-corrected chi connectivity index (χ4v) is 1.99. The third-order valence-corrected chi connectivity index (χ3v) is 3.16. The number of rotatable bonds is 6. The van der Waals surface area contributed by atoms with Crippen molar-refractivity contribution in [3.05, 3.63) is 62.3 Å². The topological polar surface area (TPSA) is 116 Å². The van der Waals surface area contributed by atoms with Gasteiger partial charge in [-0.2, -0.15) is 0 Å². The predicted octanol–water partition coefficient (Wildman–Crippen LogP) is 0.526. The molecule has 0 bridgehead atoms. The van der Waals surface area contributed by atoms with Gasteiger partial charge in [0.25, 0.3) is 5.91 Å². The van der Waals surface area contributed by atoms with Crippen molar-refractivity contribution in [1.29, 1.82) is 0 Å². The zero-order valence-electron chi connectivity index (χ0n) is 12.6. The van der Waals surface area contributed by atoms with Crippen LogP contribution in [0.25, 0.3) is 0 Å². The molecular weight excluding hydrogens is 300 g/mol. The number of aromatic nitrogens is 2. The third-order valence-electron chi connectivity index (χ3n) is 3.16. The quantitative estimate of drug-likeness (QED) is 0.580. The van der Waals surface area contributed by atoms with Gasteiger partial charge < -0.3 is 15.8 Å². The largest absolute Gasteiger partial charge is 0.421 e. The number of carbonyl (C=O) groups excluding carboxylic acids is 1. The summed E-state index contributed by atoms with van der Waals surface area (Å²) in [5.41, 5.74) is -1.56. The molecule has 1 aromatic heterocycles. The summed E-state index contributed by atoms with van der Waals surface area (Å²) in [6.07, 6.45) is 0.731. The molecule has 8 heteroatoms. The normalized spacial score (nSPS) is 10.3. The fraction of sp³-hybridized carbons (Fsp3) is 0.267. The second-order valence-electron chi connectivity index (χ2n) is 4.89. The molecule has 0 saturated carbocycles. The average molecular weight is 318 g/mol. The van der Waals surface area contributed by atoms with Crippen LogP contribution in [-0.4, -0.2) is 27.4 Å². The van der Waals surface area contributed by atoms with E-state index in [0.717, 1.165) is 12.0 Å². The number of hydrogen-bond acceptors (Lipinski definition) is 5. The Morgan fingerprint density at radius 2 is 1.96 bits per heavy atom. The summed E-state index contributed by atoms with van der Waals surface area (Å²) in [7, 11) is 0. The Hall–Kier alpha value is -3.03. The Labute approximate surface area is 131 Å². The highest BCUT2D eigenvalue weighted by Gasteiger charge is 2.20. The van der Waals surface area contributed by atoms with E-state index in [1.807, 2.05) is 37.3 Å². The van der Waals surface area contributed by atoms with Gasteiger partial charge in [-0.3, -0.25) is 14.6 Å². The first kappa shape index (κ1) is 16.3. The number of H-pyrrole nitrogens is 1. The lowest BCUT2D eigenvalue weighted by Gasteiger charge is -2.11. The molecule has 0 aliphatic carbocycles. The molecule has 23 heavy (non-hydrogen) atoms. The van der Waals surface area contributed by atoms with Crippen LogP contribution in [0.15, 0.2) is 39.9 Å². The highest BCUT2D eigenvalue weighted by atomic mass is 16.5. The standard InChI is InChI=1S/C15H18N4O4/c1-2-8-16-12-11(14(21)19(23)15(22)18-12)13(20)17-9-10-6-4-3-5-7-10/h3-7,16,23H,2,8-9H2,1H3,(H,17,20)(H,18,22). The van der Waals surface area contributed by atoms with E-state index < -0.39 is 17.2 Å². The molecule has 1 aromatic carbocycles. The van der Waals surface area contributed by atoms with Gasteiger partial charge in [-0.05, 0) is 12.0 Å². The zero-order valence-corrected chi connectivity index (χ0v) is 12.6. The lowest BCUT2D eigenvalue weighted by molar-refractivity contribution is 0.0940. The van der Waals surface area contributed by atoms with Gasteiger partial charge in [-0.25, -0.2) is 4.79 Å². The summed E-state index contributed by atoms with van der Waals surface area (Å²) in [6.45, 7) is 2.58. The molecule has 1 amide bonds. The van der Waals surface area contributed by atoms with Gasteiger partial charge in [0.15, 0.2) is 0 Å². The molecule has 0 radical (unpaired) electrons. The van der Waals surface area contributed by atoms with Gasteiger partial charge in [-0.1, -0.05) is 42.0 Å². The lowest BCUT2D eigenvalue weighted by atomic mass is 10.2. The number of amides is 1. The summed E-state index contributed by atoms with van der Waals surface area (Å²) in [6, 6.07) is 9.17. The second-order valence-corrected chi connectivity index (χ2v) is 4.89. The van der Waals surface area contributed by atoms with E-state index in [4.69, 9.17) is 0 Å². The van der Waals surface area contributed by atoms with Gasteiger partial charge in [-0.15, -0.1) is 0 Å². The Bertz CT molecular complexity index is 795. The molecule has 0 aliphatic heterocycles. The first-order valence-corrected chi connectivity index (χ1v) is 7.19. The molecule has 1 heterocycles. The van der Waals surface area contributed by atoms with Crippen LogP contribution in [0.2, 0.25) is 0 Å². The molecule has 0 saturated heterocycles. The summed E-state index contributed by atoms with van der Waals surface area (Å²) >= 11 is 0. The van der Waals surface area contributed by atoms with Gasteiger partial charge in [0.1, 0.15) is 11.4 Å². The van der Waals surface area contributed by atoms with Gasteiger partial charge >= 0.3 is 11.2 Å². The van der Waals surface area contributed by atoms with Gasteiger partial charge in [0.2, 0.25) is 0 Å². The van der Waals surface area contributed by atoms with Crippen molar-refractivity contribution in [1.82, 2.24) is 15.0 Å². The van der Waals surface area contributed by atoms with Gasteiger partial charge in [0, 0.05) is 13.1 Å². The summed E-state index contributed by atoms with van der Waals surface area (Å²) in [4.78, 5) is 38.1. The number of nitrogens with one attached hydrogen (secondary N) is 3. The molecule has 0 fully saturated rings. The predicted molar refractivity (Wildman–Crippen MR) is 84.9 cm³/mol. The van der Waals surface area contributed by atoms with Crippen molar-refractivity contribution in [3.8, 4) is 0 Å². The molecule has 0 spiro atoms. The molecule has 122 valence electrons. The highest BCUT2D eigenvalue weighted by molar-refractivity contribution is 5.98. The van der Waals surface area contributed by atoms with E-state index in [-0.39, 0.29) is 22.7 Å². The fourth-order valence-electron chi connectivity index (χ4n) is 1.99. The average Bonchev–Trinajstić information content (AvgIpc) is 2.56. The zero-order chi connectivity index (χ0) is 16.8. The van der Waals surface area contributed by atoms with Crippen LogP contribution in [0.3, 0.4) is 0 Å². The Morgan fingerprint density at radius 3 is 2.61 bits per heavy atom. The summed E-state index contributed by atoms with van der Waals surface area (Å²) < 4.78 is -0.117. The SMILES string of the molecule is CCCNc1[nH]c(=O)n(O)c(=O)c1C(=O)NCc1ccccc1. The van der Waals surface area contributed by atoms with Crippen molar-refractivity contribution in [2.45, 2.75) is 19.9 Å². The van der Waals surface area contributed by atoms with Crippen LogP contribution >= 0.6 is 0 Å². The minimum atomic E-state index is -1.07.